The van der Waals surface area contributed by atoms with Gasteiger partial charge in [-0.15, -0.1) is 11.3 Å². The average molecular weight is 319 g/mol. The zero-order chi connectivity index (χ0) is 15.7. The van der Waals surface area contributed by atoms with Gasteiger partial charge in [-0.25, -0.2) is 4.79 Å². The molecule has 0 bridgehead atoms. The van der Waals surface area contributed by atoms with E-state index in [1.807, 2.05) is 5.38 Å². The van der Waals surface area contributed by atoms with Gasteiger partial charge in [0.15, 0.2) is 0 Å². The fraction of sp³-hybridized carbons (Fsp3) is 0.375. The van der Waals surface area contributed by atoms with Crippen molar-refractivity contribution in [2.24, 2.45) is 0 Å². The number of hydrogen-bond donors (Lipinski definition) is 1. The predicted molar refractivity (Wildman–Crippen MR) is 83.6 cm³/mol. The third kappa shape index (κ3) is 2.78. The lowest BCUT2D eigenvalue weighted by molar-refractivity contribution is 0.0527. The van der Waals surface area contributed by atoms with E-state index in [0.29, 0.717) is 34.4 Å². The summed E-state index contributed by atoms with van der Waals surface area (Å²) in [7, 11) is 0. The van der Waals surface area contributed by atoms with Crippen LogP contribution in [0.1, 0.15) is 57.7 Å². The molecule has 0 aliphatic heterocycles. The highest BCUT2D eigenvalue weighted by molar-refractivity contribution is 7.15. The van der Waals surface area contributed by atoms with Gasteiger partial charge < -0.3 is 14.5 Å². The first-order valence-corrected chi connectivity index (χ1v) is 8.13. The summed E-state index contributed by atoms with van der Waals surface area (Å²) in [4.78, 5) is 24.5. The summed E-state index contributed by atoms with van der Waals surface area (Å²) in [6, 6.07) is 1.62. The molecule has 1 aliphatic carbocycles. The minimum Gasteiger partial charge on any atom is -0.469 e. The molecule has 1 N–H and O–H groups in total. The van der Waals surface area contributed by atoms with Crippen LogP contribution in [0.4, 0.5) is 5.00 Å². The van der Waals surface area contributed by atoms with Crippen LogP contribution in [-0.4, -0.2) is 18.5 Å². The van der Waals surface area contributed by atoms with Crippen molar-refractivity contribution in [3.63, 3.8) is 0 Å². The molecule has 1 saturated carbocycles. The monoisotopic (exact) mass is 319 g/mol. The number of furan rings is 1. The molecule has 1 fully saturated rings. The number of rotatable bonds is 5. The number of thiophene rings is 1. The van der Waals surface area contributed by atoms with E-state index in [-0.39, 0.29) is 11.9 Å². The number of carbonyl (C=O) groups excluding carboxylic acids is 2. The van der Waals surface area contributed by atoms with E-state index < -0.39 is 0 Å². The molecule has 2 heterocycles. The van der Waals surface area contributed by atoms with Crippen LogP contribution in [0, 0.1) is 6.92 Å². The highest BCUT2D eigenvalue weighted by atomic mass is 32.1. The van der Waals surface area contributed by atoms with Crippen molar-refractivity contribution in [3.05, 3.63) is 40.2 Å². The van der Waals surface area contributed by atoms with Crippen LogP contribution >= 0.6 is 11.3 Å². The smallest absolute Gasteiger partial charge is 0.341 e. The van der Waals surface area contributed by atoms with Crippen molar-refractivity contribution < 1.29 is 18.7 Å². The Hall–Kier alpha value is -2.08. The molecule has 0 atom stereocenters. The molecule has 0 spiro atoms. The van der Waals surface area contributed by atoms with Gasteiger partial charge in [-0.1, -0.05) is 0 Å². The third-order valence-corrected chi connectivity index (χ3v) is 4.56. The second-order valence-corrected chi connectivity index (χ2v) is 6.11. The molecule has 2 aromatic heterocycles. The van der Waals surface area contributed by atoms with Crippen molar-refractivity contribution in [2.75, 3.05) is 11.9 Å². The Balaban J connectivity index is 1.88. The Kier molecular flexibility index (Phi) is 4.02. The van der Waals surface area contributed by atoms with Crippen LogP contribution in [0.3, 0.4) is 0 Å². The minimum atomic E-state index is -0.370. The Morgan fingerprint density at radius 3 is 2.82 bits per heavy atom. The third-order valence-electron chi connectivity index (χ3n) is 3.65. The van der Waals surface area contributed by atoms with Crippen LogP contribution in [-0.2, 0) is 4.74 Å². The van der Waals surface area contributed by atoms with Gasteiger partial charge in [0.05, 0.1) is 24.0 Å². The Morgan fingerprint density at radius 2 is 2.23 bits per heavy atom. The molecular formula is C16H17NO4S. The Labute approximate surface area is 132 Å². The van der Waals surface area contributed by atoms with E-state index in [4.69, 9.17) is 9.15 Å². The number of ether oxygens (including phenoxy) is 1. The fourth-order valence-corrected chi connectivity index (χ4v) is 3.39. The van der Waals surface area contributed by atoms with Gasteiger partial charge in [-0.2, -0.15) is 0 Å². The van der Waals surface area contributed by atoms with E-state index >= 15 is 0 Å². The summed E-state index contributed by atoms with van der Waals surface area (Å²) in [5.41, 5.74) is 1.96. The lowest BCUT2D eigenvalue weighted by Crippen LogP contribution is -2.15. The number of carbonyl (C=O) groups is 2. The van der Waals surface area contributed by atoms with Crippen molar-refractivity contribution >= 4 is 28.2 Å². The number of esters is 1. The van der Waals surface area contributed by atoms with Crippen molar-refractivity contribution in [1.82, 2.24) is 0 Å². The SMILES string of the molecule is CCOC(=O)c1c(C2CC2)csc1NC(=O)c1ccoc1C. The lowest BCUT2D eigenvalue weighted by atomic mass is 10.1. The topological polar surface area (TPSA) is 68.5 Å². The normalized spacial score (nSPS) is 13.9. The molecule has 5 nitrogen and oxygen atoms in total. The molecule has 0 aromatic carbocycles. The summed E-state index contributed by atoms with van der Waals surface area (Å²) in [6.45, 7) is 3.81. The van der Waals surface area contributed by atoms with E-state index in [9.17, 15) is 9.59 Å². The van der Waals surface area contributed by atoms with E-state index in [2.05, 4.69) is 5.32 Å². The van der Waals surface area contributed by atoms with Crippen LogP contribution in [0.5, 0.6) is 0 Å². The van der Waals surface area contributed by atoms with Gasteiger partial charge in [-0.05, 0) is 49.6 Å². The number of amides is 1. The maximum absolute atomic E-state index is 12.3. The van der Waals surface area contributed by atoms with Gasteiger partial charge in [0, 0.05) is 0 Å². The quantitative estimate of drug-likeness (QED) is 0.847. The van der Waals surface area contributed by atoms with E-state index in [1.54, 1.807) is 19.9 Å². The van der Waals surface area contributed by atoms with Crippen LogP contribution in [0.2, 0.25) is 0 Å². The summed E-state index contributed by atoms with van der Waals surface area (Å²) in [5, 5.41) is 5.31. The zero-order valence-corrected chi connectivity index (χ0v) is 13.3. The molecule has 0 saturated heterocycles. The predicted octanol–water partition coefficient (Wildman–Crippen LogP) is 3.96. The molecule has 3 rings (SSSR count). The Morgan fingerprint density at radius 1 is 1.45 bits per heavy atom. The van der Waals surface area contributed by atoms with Crippen molar-refractivity contribution in [1.29, 1.82) is 0 Å². The molecule has 0 unspecified atom stereocenters. The standard InChI is InChI=1S/C16H17NO4S/c1-3-20-16(19)13-12(10-4-5-10)8-22-15(13)17-14(18)11-6-7-21-9(11)2/h6-8,10H,3-5H2,1-2H3,(H,17,18). The van der Waals surface area contributed by atoms with Crippen LogP contribution in [0.15, 0.2) is 22.1 Å². The first-order chi connectivity index (χ1) is 10.6. The average Bonchev–Trinajstić information content (AvgIpc) is 3.10. The summed E-state index contributed by atoms with van der Waals surface area (Å²) in [6.07, 6.45) is 3.63. The summed E-state index contributed by atoms with van der Waals surface area (Å²) in [5.74, 6) is 0.317. The zero-order valence-electron chi connectivity index (χ0n) is 12.5. The lowest BCUT2D eigenvalue weighted by Gasteiger charge is -2.08. The first kappa shape index (κ1) is 14.8. The first-order valence-electron chi connectivity index (χ1n) is 7.25. The molecule has 1 aliphatic rings. The van der Waals surface area contributed by atoms with Crippen molar-refractivity contribution in [3.8, 4) is 0 Å². The van der Waals surface area contributed by atoms with Crippen molar-refractivity contribution in [2.45, 2.75) is 32.6 Å². The number of hydrogen-bond acceptors (Lipinski definition) is 5. The Bertz CT molecular complexity index is 712. The van der Waals surface area contributed by atoms with E-state index in [0.717, 1.165) is 18.4 Å². The molecule has 0 radical (unpaired) electrons. The van der Waals surface area contributed by atoms with Gasteiger partial charge in [-0.3, -0.25) is 4.79 Å². The second-order valence-electron chi connectivity index (χ2n) is 5.23. The number of aryl methyl sites for hydroxylation is 1. The van der Waals surface area contributed by atoms with Crippen LogP contribution < -0.4 is 5.32 Å². The molecule has 1 amide bonds. The summed E-state index contributed by atoms with van der Waals surface area (Å²) >= 11 is 1.37. The second kappa shape index (κ2) is 5.96. The van der Waals surface area contributed by atoms with E-state index in [1.165, 1.54) is 17.6 Å². The van der Waals surface area contributed by atoms with Crippen LogP contribution in [0.25, 0.3) is 0 Å². The molecular weight excluding hydrogens is 302 g/mol. The maximum Gasteiger partial charge on any atom is 0.341 e. The molecule has 2 aromatic rings. The fourth-order valence-electron chi connectivity index (χ4n) is 2.36. The number of anilines is 1. The van der Waals surface area contributed by atoms with Gasteiger partial charge >= 0.3 is 5.97 Å². The maximum atomic E-state index is 12.3. The highest BCUT2D eigenvalue weighted by Crippen LogP contribution is 2.46. The minimum absolute atomic E-state index is 0.277. The van der Waals surface area contributed by atoms with Gasteiger partial charge in [0.1, 0.15) is 10.8 Å². The largest absolute Gasteiger partial charge is 0.469 e. The molecule has 6 heteroatoms. The molecule has 116 valence electrons. The van der Waals surface area contributed by atoms with Gasteiger partial charge in [0.25, 0.3) is 5.91 Å². The summed E-state index contributed by atoms with van der Waals surface area (Å²) < 4.78 is 10.3. The van der Waals surface area contributed by atoms with Gasteiger partial charge in [0.2, 0.25) is 0 Å². The number of nitrogens with one attached hydrogen (secondary N) is 1. The highest BCUT2D eigenvalue weighted by Gasteiger charge is 2.32. The molecule has 22 heavy (non-hydrogen) atoms.